The Morgan fingerprint density at radius 2 is 1.95 bits per heavy atom. The van der Waals surface area contributed by atoms with Crippen molar-refractivity contribution < 1.29 is 13.2 Å². The van der Waals surface area contributed by atoms with Gasteiger partial charge < -0.3 is 15.8 Å². The molecule has 1 aliphatic carbocycles. The first-order chi connectivity index (χ1) is 9.97. The van der Waals surface area contributed by atoms with Gasteiger partial charge in [-0.25, -0.2) is 13.1 Å². The molecule has 0 saturated heterocycles. The number of nitrogens with one attached hydrogen (secondary N) is 2. The fourth-order valence-corrected chi connectivity index (χ4v) is 3.46. The maximum Gasteiger partial charge on any atom is 0.240 e. The lowest BCUT2D eigenvalue weighted by Crippen LogP contribution is -2.60. The molecule has 3 atom stereocenters. The zero-order valence-electron chi connectivity index (χ0n) is 12.4. The summed E-state index contributed by atoms with van der Waals surface area (Å²) in [6, 6.07) is 6.80. The van der Waals surface area contributed by atoms with Crippen molar-refractivity contribution in [3.63, 3.8) is 0 Å². The summed E-state index contributed by atoms with van der Waals surface area (Å²) in [5.74, 6) is 0. The minimum absolute atomic E-state index is 0.0618. The topological polar surface area (TPSA) is 93.5 Å². The van der Waals surface area contributed by atoms with E-state index >= 15 is 0 Å². The van der Waals surface area contributed by atoms with Crippen LogP contribution < -0.4 is 15.8 Å². The van der Waals surface area contributed by atoms with E-state index in [2.05, 4.69) is 10.0 Å². The third kappa shape index (κ3) is 3.74. The summed E-state index contributed by atoms with van der Waals surface area (Å²) in [5.41, 5.74) is 6.82. The molecule has 3 unspecified atom stereocenters. The third-order valence-corrected chi connectivity index (χ3v) is 5.14. The molecule has 1 aromatic carbocycles. The highest BCUT2D eigenvalue weighted by Crippen LogP contribution is 2.26. The summed E-state index contributed by atoms with van der Waals surface area (Å²) in [7, 11) is -3.40. The molecule has 0 radical (unpaired) electrons. The Morgan fingerprint density at radius 1 is 1.29 bits per heavy atom. The molecule has 0 amide bonds. The van der Waals surface area contributed by atoms with E-state index in [9.17, 15) is 8.42 Å². The number of hydrogen-bond acceptors (Lipinski definition) is 5. The van der Waals surface area contributed by atoms with Gasteiger partial charge in [0.15, 0.2) is 0 Å². The van der Waals surface area contributed by atoms with Crippen LogP contribution in [-0.4, -0.2) is 39.8 Å². The summed E-state index contributed by atoms with van der Waals surface area (Å²) in [4.78, 5) is 0.258. The molecule has 1 aromatic rings. The molecule has 1 saturated carbocycles. The molecular weight excluding hydrogens is 290 g/mol. The van der Waals surface area contributed by atoms with E-state index < -0.39 is 10.0 Å². The average molecular weight is 313 g/mol. The quantitative estimate of drug-likeness (QED) is 0.695. The van der Waals surface area contributed by atoms with Crippen molar-refractivity contribution >= 4 is 15.7 Å². The normalized spacial score (nSPS) is 25.4. The monoisotopic (exact) mass is 313 g/mol. The van der Waals surface area contributed by atoms with Gasteiger partial charge in [0.05, 0.1) is 17.0 Å². The molecule has 4 N–H and O–H groups in total. The Balaban J connectivity index is 2.03. The van der Waals surface area contributed by atoms with Crippen molar-refractivity contribution in [1.82, 2.24) is 4.72 Å². The van der Waals surface area contributed by atoms with Gasteiger partial charge in [0, 0.05) is 24.9 Å². The van der Waals surface area contributed by atoms with Gasteiger partial charge in [0.2, 0.25) is 10.0 Å². The Kier molecular flexibility index (Phi) is 5.21. The van der Waals surface area contributed by atoms with Crippen LogP contribution in [0.4, 0.5) is 5.69 Å². The summed E-state index contributed by atoms with van der Waals surface area (Å²) < 4.78 is 31.8. The molecule has 7 heteroatoms. The Labute approximate surface area is 126 Å². The lowest BCUT2D eigenvalue weighted by molar-refractivity contribution is -0.0126. The van der Waals surface area contributed by atoms with Gasteiger partial charge in [-0.2, -0.15) is 0 Å². The Hall–Kier alpha value is -1.15. The van der Waals surface area contributed by atoms with Crippen LogP contribution in [0.25, 0.3) is 0 Å². The second-order valence-electron chi connectivity index (χ2n) is 5.09. The number of sulfonamides is 1. The van der Waals surface area contributed by atoms with E-state index in [1.165, 1.54) is 0 Å². The van der Waals surface area contributed by atoms with Crippen molar-refractivity contribution in [2.24, 2.45) is 5.73 Å². The first kappa shape index (κ1) is 16.2. The van der Waals surface area contributed by atoms with Gasteiger partial charge in [-0.1, -0.05) is 6.92 Å². The number of nitrogens with two attached hydrogens (primary N) is 1. The molecule has 0 bridgehead atoms. The fraction of sp³-hybridized carbons (Fsp3) is 0.571. The largest absolute Gasteiger partial charge is 0.378 e. The molecule has 6 nitrogen and oxygen atoms in total. The predicted octanol–water partition coefficient (Wildman–Crippen LogP) is 0.901. The van der Waals surface area contributed by atoms with Crippen LogP contribution in [0.3, 0.4) is 0 Å². The zero-order chi connectivity index (χ0) is 15.5. The van der Waals surface area contributed by atoms with E-state index in [0.717, 1.165) is 12.1 Å². The van der Waals surface area contributed by atoms with E-state index in [-0.39, 0.29) is 23.1 Å². The number of hydrogen-bond donors (Lipinski definition) is 3. The van der Waals surface area contributed by atoms with Crippen molar-refractivity contribution in [2.75, 3.05) is 18.5 Å². The maximum atomic E-state index is 11.9. The predicted molar refractivity (Wildman–Crippen MR) is 82.7 cm³/mol. The minimum Gasteiger partial charge on any atom is -0.378 e. The molecule has 118 valence electrons. The second kappa shape index (κ2) is 6.74. The Bertz CT molecular complexity index is 557. The van der Waals surface area contributed by atoms with E-state index in [1.54, 1.807) is 31.2 Å². The van der Waals surface area contributed by atoms with E-state index in [1.807, 2.05) is 6.92 Å². The molecular formula is C14H23N3O3S. The van der Waals surface area contributed by atoms with Crippen LogP contribution in [0.2, 0.25) is 0 Å². The van der Waals surface area contributed by atoms with Gasteiger partial charge in [-0.3, -0.25) is 0 Å². The van der Waals surface area contributed by atoms with Crippen molar-refractivity contribution in [3.8, 4) is 0 Å². The van der Waals surface area contributed by atoms with E-state index in [4.69, 9.17) is 10.5 Å². The summed E-state index contributed by atoms with van der Waals surface area (Å²) in [6.07, 6.45) is 0.966. The standard InChI is InChI=1S/C14H23N3O3S/c1-3-16-21(18,19)11-7-5-10(6-8-11)17-14-12(15)9-13(14)20-4-2/h5-8,12-14,16-17H,3-4,9,15H2,1-2H3. The summed E-state index contributed by atoms with van der Waals surface area (Å²) in [5, 5.41) is 3.31. The lowest BCUT2D eigenvalue weighted by Gasteiger charge is -2.43. The van der Waals surface area contributed by atoms with Crippen molar-refractivity contribution in [3.05, 3.63) is 24.3 Å². The number of rotatable bonds is 7. The third-order valence-electron chi connectivity index (χ3n) is 3.58. The molecule has 0 spiro atoms. The van der Waals surface area contributed by atoms with E-state index in [0.29, 0.717) is 13.2 Å². The highest BCUT2D eigenvalue weighted by molar-refractivity contribution is 7.89. The summed E-state index contributed by atoms with van der Waals surface area (Å²) >= 11 is 0. The first-order valence-corrected chi connectivity index (χ1v) is 8.69. The summed E-state index contributed by atoms with van der Waals surface area (Å²) in [6.45, 7) is 4.74. The van der Waals surface area contributed by atoms with Crippen LogP contribution in [-0.2, 0) is 14.8 Å². The number of ether oxygens (including phenoxy) is 1. The molecule has 0 heterocycles. The van der Waals surface area contributed by atoms with Crippen LogP contribution in [0.5, 0.6) is 0 Å². The highest BCUT2D eigenvalue weighted by Gasteiger charge is 2.39. The molecule has 21 heavy (non-hydrogen) atoms. The first-order valence-electron chi connectivity index (χ1n) is 7.21. The van der Waals surface area contributed by atoms with Gasteiger partial charge >= 0.3 is 0 Å². The molecule has 1 fully saturated rings. The van der Waals surface area contributed by atoms with Crippen molar-refractivity contribution in [1.29, 1.82) is 0 Å². The molecule has 1 aliphatic rings. The van der Waals surface area contributed by atoms with Crippen LogP contribution in [0.1, 0.15) is 20.3 Å². The molecule has 0 aromatic heterocycles. The SMILES string of the molecule is CCNS(=O)(=O)c1ccc(NC2C(N)CC2OCC)cc1. The molecule has 0 aliphatic heterocycles. The fourth-order valence-electron chi connectivity index (χ4n) is 2.42. The lowest BCUT2D eigenvalue weighted by atomic mass is 9.83. The van der Waals surface area contributed by atoms with Crippen LogP contribution in [0, 0.1) is 0 Å². The highest BCUT2D eigenvalue weighted by atomic mass is 32.2. The Morgan fingerprint density at radius 3 is 2.48 bits per heavy atom. The minimum atomic E-state index is -3.40. The smallest absolute Gasteiger partial charge is 0.240 e. The number of anilines is 1. The van der Waals surface area contributed by atoms with Crippen molar-refractivity contribution in [2.45, 2.75) is 43.4 Å². The van der Waals surface area contributed by atoms with Gasteiger partial charge in [0.25, 0.3) is 0 Å². The average Bonchev–Trinajstić information content (AvgIpc) is 2.45. The van der Waals surface area contributed by atoms with Gasteiger partial charge in [-0.05, 0) is 37.6 Å². The number of benzene rings is 1. The molecule has 2 rings (SSSR count). The van der Waals surface area contributed by atoms with Gasteiger partial charge in [-0.15, -0.1) is 0 Å². The second-order valence-corrected chi connectivity index (χ2v) is 6.86. The zero-order valence-corrected chi connectivity index (χ0v) is 13.2. The van der Waals surface area contributed by atoms with Crippen LogP contribution in [0.15, 0.2) is 29.2 Å². The van der Waals surface area contributed by atoms with Crippen LogP contribution >= 0.6 is 0 Å². The van der Waals surface area contributed by atoms with Gasteiger partial charge in [0.1, 0.15) is 0 Å². The maximum absolute atomic E-state index is 11.9.